The highest BCUT2D eigenvalue weighted by atomic mass is 16.2. The summed E-state index contributed by atoms with van der Waals surface area (Å²) >= 11 is 0. The summed E-state index contributed by atoms with van der Waals surface area (Å²) in [5.41, 5.74) is 6.81. The molecule has 0 saturated carbocycles. The van der Waals surface area contributed by atoms with Crippen LogP contribution in [0.3, 0.4) is 0 Å². The van der Waals surface area contributed by atoms with Crippen LogP contribution in [0.15, 0.2) is 43.0 Å². The first kappa shape index (κ1) is 15.4. The summed E-state index contributed by atoms with van der Waals surface area (Å²) in [6, 6.07) is 8.92. The molecule has 0 radical (unpaired) electrons. The zero-order valence-electron chi connectivity index (χ0n) is 11.8. The van der Waals surface area contributed by atoms with E-state index in [1.165, 1.54) is 0 Å². The molecule has 104 valence electrons. The number of hydrogen-bond acceptors (Lipinski definition) is 2. The van der Waals surface area contributed by atoms with Crippen LogP contribution in [0.25, 0.3) is 0 Å². The second-order valence-electron chi connectivity index (χ2n) is 5.25. The number of nitrogens with two attached hydrogens (primary N) is 1. The van der Waals surface area contributed by atoms with E-state index in [1.54, 1.807) is 0 Å². The average Bonchev–Trinajstić information content (AvgIpc) is 2.38. The Bertz CT molecular complexity index is 400. The lowest BCUT2D eigenvalue weighted by atomic mass is 10.00. The Morgan fingerprint density at radius 2 is 2.00 bits per heavy atom. The average molecular weight is 260 g/mol. The molecule has 3 N–H and O–H groups in total. The van der Waals surface area contributed by atoms with Crippen molar-refractivity contribution in [3.63, 3.8) is 0 Å². The van der Waals surface area contributed by atoms with E-state index in [1.807, 2.05) is 36.4 Å². The molecule has 1 amide bonds. The second kappa shape index (κ2) is 7.74. The van der Waals surface area contributed by atoms with Gasteiger partial charge in [-0.15, -0.1) is 6.58 Å². The highest BCUT2D eigenvalue weighted by Gasteiger charge is 2.19. The Morgan fingerprint density at radius 3 is 2.53 bits per heavy atom. The van der Waals surface area contributed by atoms with E-state index in [4.69, 9.17) is 5.73 Å². The van der Waals surface area contributed by atoms with Gasteiger partial charge in [0.2, 0.25) is 5.91 Å². The third-order valence-corrected chi connectivity index (χ3v) is 2.99. The number of carbonyl (C=O) groups excluding carboxylic acids is 1. The molecule has 0 aliphatic heterocycles. The number of rotatable bonds is 7. The minimum Gasteiger partial charge on any atom is -0.351 e. The van der Waals surface area contributed by atoms with Crippen LogP contribution in [-0.2, 0) is 4.79 Å². The maximum Gasteiger partial charge on any atom is 0.241 e. The fourth-order valence-corrected chi connectivity index (χ4v) is 2.09. The van der Waals surface area contributed by atoms with Gasteiger partial charge < -0.3 is 11.1 Å². The highest BCUT2D eigenvalue weighted by molar-refractivity contribution is 5.83. The van der Waals surface area contributed by atoms with Crippen LogP contribution in [-0.4, -0.2) is 11.9 Å². The van der Waals surface area contributed by atoms with Gasteiger partial charge in [-0.25, -0.2) is 0 Å². The van der Waals surface area contributed by atoms with Crippen LogP contribution in [0.4, 0.5) is 0 Å². The van der Waals surface area contributed by atoms with Gasteiger partial charge in [0, 0.05) is 6.04 Å². The van der Waals surface area contributed by atoms with E-state index in [9.17, 15) is 4.79 Å². The Hall–Kier alpha value is -1.61. The van der Waals surface area contributed by atoms with Crippen molar-refractivity contribution in [2.24, 2.45) is 11.7 Å². The molecule has 0 spiro atoms. The summed E-state index contributed by atoms with van der Waals surface area (Å²) in [6.07, 6.45) is 3.53. The van der Waals surface area contributed by atoms with E-state index < -0.39 is 6.04 Å². The largest absolute Gasteiger partial charge is 0.351 e. The molecular formula is C16H24N2O. The van der Waals surface area contributed by atoms with E-state index in [0.717, 1.165) is 18.4 Å². The summed E-state index contributed by atoms with van der Waals surface area (Å²) in [5.74, 6) is 0.400. The summed E-state index contributed by atoms with van der Waals surface area (Å²) in [6.45, 7) is 8.01. The van der Waals surface area contributed by atoms with Gasteiger partial charge in [-0.05, 0) is 24.3 Å². The van der Waals surface area contributed by atoms with Crippen LogP contribution in [0.2, 0.25) is 0 Å². The third kappa shape index (κ3) is 5.26. The van der Waals surface area contributed by atoms with Crippen molar-refractivity contribution in [1.82, 2.24) is 5.32 Å². The van der Waals surface area contributed by atoms with Crippen LogP contribution in [0.1, 0.15) is 38.3 Å². The summed E-state index contributed by atoms with van der Waals surface area (Å²) in [4.78, 5) is 12.1. The first-order chi connectivity index (χ1) is 9.04. The zero-order chi connectivity index (χ0) is 14.3. The Kier molecular flexibility index (Phi) is 6.30. The number of nitrogens with one attached hydrogen (secondary N) is 1. The lowest BCUT2D eigenvalue weighted by Crippen LogP contribution is -2.41. The number of amides is 1. The van der Waals surface area contributed by atoms with Crippen molar-refractivity contribution in [3.8, 4) is 0 Å². The van der Waals surface area contributed by atoms with E-state index in [-0.39, 0.29) is 11.9 Å². The number of benzene rings is 1. The van der Waals surface area contributed by atoms with Gasteiger partial charge in [0.05, 0.1) is 0 Å². The zero-order valence-corrected chi connectivity index (χ0v) is 11.8. The molecule has 2 atom stereocenters. The van der Waals surface area contributed by atoms with Gasteiger partial charge in [-0.2, -0.15) is 0 Å². The molecule has 0 heterocycles. The fraction of sp³-hybridized carbons (Fsp3) is 0.438. The molecule has 0 bridgehead atoms. The molecular weight excluding hydrogens is 236 g/mol. The standard InChI is InChI=1S/C16H24N2O/c1-4-8-14(11-12(2)3)18-16(19)15(17)13-9-6-5-7-10-13/h4-7,9-10,12,14-15H,1,8,11,17H2,2-3H3,(H,18,19)/t14-,15+/m0/s1. The molecule has 3 heteroatoms. The lowest BCUT2D eigenvalue weighted by Gasteiger charge is -2.21. The predicted octanol–water partition coefficient (Wildman–Crippen LogP) is 2.79. The van der Waals surface area contributed by atoms with Gasteiger partial charge in [0.1, 0.15) is 6.04 Å². The first-order valence-corrected chi connectivity index (χ1v) is 6.76. The summed E-state index contributed by atoms with van der Waals surface area (Å²) < 4.78 is 0. The van der Waals surface area contributed by atoms with Gasteiger partial charge >= 0.3 is 0 Å². The summed E-state index contributed by atoms with van der Waals surface area (Å²) in [7, 11) is 0. The molecule has 1 aromatic rings. The normalized spacial score (nSPS) is 13.9. The molecule has 0 saturated heterocycles. The van der Waals surface area contributed by atoms with Crippen LogP contribution in [0, 0.1) is 5.92 Å². The third-order valence-electron chi connectivity index (χ3n) is 2.99. The highest BCUT2D eigenvalue weighted by Crippen LogP contribution is 2.13. The Balaban J connectivity index is 2.63. The van der Waals surface area contributed by atoms with Crippen molar-refractivity contribution >= 4 is 5.91 Å². The maximum atomic E-state index is 12.1. The van der Waals surface area contributed by atoms with Crippen molar-refractivity contribution in [2.75, 3.05) is 0 Å². The number of carbonyl (C=O) groups is 1. The number of hydrogen-bond donors (Lipinski definition) is 2. The second-order valence-corrected chi connectivity index (χ2v) is 5.25. The molecule has 0 unspecified atom stereocenters. The quantitative estimate of drug-likeness (QED) is 0.741. The molecule has 0 aliphatic carbocycles. The van der Waals surface area contributed by atoms with Gasteiger partial charge in [-0.3, -0.25) is 4.79 Å². The maximum absolute atomic E-state index is 12.1. The molecule has 0 aromatic heterocycles. The molecule has 0 aliphatic rings. The van der Waals surface area contributed by atoms with Gasteiger partial charge in [0.25, 0.3) is 0 Å². The van der Waals surface area contributed by atoms with Crippen LogP contribution >= 0.6 is 0 Å². The van der Waals surface area contributed by atoms with E-state index in [0.29, 0.717) is 5.92 Å². The topological polar surface area (TPSA) is 55.1 Å². The summed E-state index contributed by atoms with van der Waals surface area (Å²) in [5, 5.41) is 3.01. The molecule has 1 aromatic carbocycles. The van der Waals surface area contributed by atoms with Crippen LogP contribution in [0.5, 0.6) is 0 Å². The van der Waals surface area contributed by atoms with Crippen molar-refractivity contribution in [1.29, 1.82) is 0 Å². The van der Waals surface area contributed by atoms with Gasteiger partial charge in [0.15, 0.2) is 0 Å². The SMILES string of the molecule is C=CC[C@@H](CC(C)C)NC(=O)[C@H](N)c1ccccc1. The van der Waals surface area contributed by atoms with Crippen LogP contribution < -0.4 is 11.1 Å². The monoisotopic (exact) mass is 260 g/mol. The van der Waals surface area contributed by atoms with Crippen molar-refractivity contribution in [3.05, 3.63) is 48.6 Å². The first-order valence-electron chi connectivity index (χ1n) is 6.76. The molecule has 3 nitrogen and oxygen atoms in total. The predicted molar refractivity (Wildman–Crippen MR) is 79.6 cm³/mol. The smallest absolute Gasteiger partial charge is 0.241 e. The van der Waals surface area contributed by atoms with E-state index in [2.05, 4.69) is 25.7 Å². The molecule has 1 rings (SSSR count). The fourth-order valence-electron chi connectivity index (χ4n) is 2.09. The minimum atomic E-state index is -0.610. The molecule has 0 fully saturated rings. The van der Waals surface area contributed by atoms with E-state index >= 15 is 0 Å². The molecule has 19 heavy (non-hydrogen) atoms. The Labute approximate surface area is 115 Å². The Morgan fingerprint density at radius 1 is 1.37 bits per heavy atom. The lowest BCUT2D eigenvalue weighted by molar-refractivity contribution is -0.123. The van der Waals surface area contributed by atoms with Gasteiger partial charge in [-0.1, -0.05) is 50.3 Å². The van der Waals surface area contributed by atoms with Crippen molar-refractivity contribution < 1.29 is 4.79 Å². The minimum absolute atomic E-state index is 0.111. The van der Waals surface area contributed by atoms with Crippen molar-refractivity contribution in [2.45, 2.75) is 38.8 Å².